The molecular weight excluding hydrogens is 476 g/mol. The maximum atomic E-state index is 12.0. The maximum absolute atomic E-state index is 12.0. The number of carbonyl (C=O) groups is 6. The van der Waals surface area contributed by atoms with Crippen molar-refractivity contribution in [1.82, 2.24) is 30.3 Å². The Hall–Kier alpha value is -3.94. The Balaban J connectivity index is 1.20. The molecule has 36 heavy (non-hydrogen) atoms. The van der Waals surface area contributed by atoms with Crippen LogP contribution in [0, 0.1) is 0 Å². The summed E-state index contributed by atoms with van der Waals surface area (Å²) >= 11 is 0. The largest absolute Gasteiger partial charge is 0.379 e. The van der Waals surface area contributed by atoms with Crippen LogP contribution in [0.4, 0.5) is 0 Å². The molecule has 1 aromatic heterocycles. The van der Waals surface area contributed by atoms with Gasteiger partial charge in [-0.25, -0.2) is 9.48 Å². The third-order valence-corrected chi connectivity index (χ3v) is 5.35. The lowest BCUT2D eigenvalue weighted by Gasteiger charge is -2.12. The minimum Gasteiger partial charge on any atom is -0.379 e. The Morgan fingerprint density at radius 3 is 2.36 bits per heavy atom. The number of rotatable bonds is 15. The van der Waals surface area contributed by atoms with E-state index in [0.29, 0.717) is 49.5 Å². The smallest absolute Gasteiger partial charge is 0.335 e. The van der Waals surface area contributed by atoms with Gasteiger partial charge in [-0.15, -0.1) is 10.2 Å². The number of unbranched alkanes of at least 4 members (excludes halogenated alkanes) is 2. The maximum Gasteiger partial charge on any atom is 0.335 e. The van der Waals surface area contributed by atoms with E-state index in [4.69, 9.17) is 9.57 Å². The number of nitrogens with one attached hydrogen (secondary N) is 1. The normalized spacial score (nSPS) is 15.3. The van der Waals surface area contributed by atoms with Gasteiger partial charge in [-0.3, -0.25) is 28.9 Å². The molecule has 2 aliphatic heterocycles. The lowest BCUT2D eigenvalue weighted by atomic mass is 10.2. The number of carbonyl (C=O) groups excluding carboxylic acids is 6. The molecule has 0 saturated carbocycles. The molecule has 0 bridgehead atoms. The topological polar surface area (TPSA) is 170 Å². The number of ether oxygens (including phenoxy) is 1. The highest BCUT2D eigenvalue weighted by Crippen LogP contribution is 2.12. The van der Waals surface area contributed by atoms with Crippen LogP contribution in [0.1, 0.15) is 50.6 Å². The van der Waals surface area contributed by atoms with E-state index < -0.39 is 17.8 Å². The minimum absolute atomic E-state index is 0.0392. The van der Waals surface area contributed by atoms with Crippen LogP contribution in [-0.2, 0) is 51.4 Å². The van der Waals surface area contributed by atoms with Crippen LogP contribution in [0.3, 0.4) is 0 Å². The fourth-order valence-corrected chi connectivity index (χ4v) is 3.41. The summed E-state index contributed by atoms with van der Waals surface area (Å²) in [5.74, 6) is -2.52. The van der Waals surface area contributed by atoms with Gasteiger partial charge >= 0.3 is 5.97 Å². The number of amides is 5. The van der Waals surface area contributed by atoms with Crippen molar-refractivity contribution >= 4 is 35.5 Å². The van der Waals surface area contributed by atoms with Gasteiger partial charge in [0.25, 0.3) is 23.6 Å². The Morgan fingerprint density at radius 2 is 1.64 bits per heavy atom. The highest BCUT2D eigenvalue weighted by molar-refractivity contribution is 6.12. The lowest BCUT2D eigenvalue weighted by molar-refractivity contribution is -0.198. The second-order valence-electron chi connectivity index (χ2n) is 8.13. The van der Waals surface area contributed by atoms with Crippen LogP contribution in [0.2, 0.25) is 0 Å². The van der Waals surface area contributed by atoms with Crippen LogP contribution in [0.25, 0.3) is 0 Å². The zero-order valence-corrected chi connectivity index (χ0v) is 19.7. The quantitative estimate of drug-likeness (QED) is 0.240. The van der Waals surface area contributed by atoms with Crippen LogP contribution < -0.4 is 5.32 Å². The second kappa shape index (κ2) is 13.2. The average Bonchev–Trinajstić information content (AvgIpc) is 3.53. The number of hydrogen-bond donors (Lipinski definition) is 1. The minimum atomic E-state index is -0.730. The first kappa shape index (κ1) is 26.7. The van der Waals surface area contributed by atoms with Gasteiger partial charge in [-0.1, -0.05) is 11.6 Å². The fraction of sp³-hybridized carbons (Fsp3) is 0.545. The third-order valence-electron chi connectivity index (χ3n) is 5.35. The molecule has 5 amide bonds. The molecular formula is C22H28N6O8. The van der Waals surface area contributed by atoms with E-state index in [9.17, 15) is 28.8 Å². The molecule has 0 radical (unpaired) electrons. The highest BCUT2D eigenvalue weighted by atomic mass is 16.7. The van der Waals surface area contributed by atoms with Crippen LogP contribution >= 0.6 is 0 Å². The summed E-state index contributed by atoms with van der Waals surface area (Å²) < 4.78 is 6.89. The van der Waals surface area contributed by atoms with Gasteiger partial charge in [-0.05, 0) is 12.8 Å². The molecule has 0 unspecified atom stereocenters. The van der Waals surface area contributed by atoms with Crippen LogP contribution in [0.5, 0.6) is 0 Å². The zero-order chi connectivity index (χ0) is 25.9. The number of hydrogen-bond acceptors (Lipinski definition) is 10. The average molecular weight is 505 g/mol. The van der Waals surface area contributed by atoms with Crippen molar-refractivity contribution in [2.45, 2.75) is 58.0 Å². The molecule has 0 aliphatic carbocycles. The first-order valence-corrected chi connectivity index (χ1v) is 11.7. The van der Waals surface area contributed by atoms with E-state index in [1.807, 2.05) is 0 Å². The summed E-state index contributed by atoms with van der Waals surface area (Å²) in [4.78, 5) is 75.3. The molecule has 14 heteroatoms. The number of imide groups is 2. The fourth-order valence-electron chi connectivity index (χ4n) is 3.41. The molecule has 14 nitrogen and oxygen atoms in total. The number of aromatic nitrogens is 3. The first-order valence-electron chi connectivity index (χ1n) is 11.7. The van der Waals surface area contributed by atoms with Crippen molar-refractivity contribution in [3.8, 4) is 0 Å². The summed E-state index contributed by atoms with van der Waals surface area (Å²) in [6.07, 6.45) is 6.46. The molecule has 2 aliphatic rings. The van der Waals surface area contributed by atoms with Gasteiger partial charge in [0.1, 0.15) is 5.69 Å². The highest BCUT2D eigenvalue weighted by Gasteiger charge is 2.32. The van der Waals surface area contributed by atoms with Gasteiger partial charge in [0, 0.05) is 38.0 Å². The van der Waals surface area contributed by atoms with Crippen molar-refractivity contribution in [2.24, 2.45) is 0 Å². The lowest BCUT2D eigenvalue weighted by Crippen LogP contribution is -2.32. The molecule has 1 fully saturated rings. The van der Waals surface area contributed by atoms with E-state index in [1.165, 1.54) is 21.7 Å². The molecule has 0 aromatic carbocycles. The summed E-state index contributed by atoms with van der Waals surface area (Å²) in [6, 6.07) is 0. The zero-order valence-electron chi connectivity index (χ0n) is 19.7. The predicted molar refractivity (Wildman–Crippen MR) is 119 cm³/mol. The third kappa shape index (κ3) is 8.08. The van der Waals surface area contributed by atoms with E-state index >= 15 is 0 Å². The van der Waals surface area contributed by atoms with Gasteiger partial charge in [0.05, 0.1) is 38.9 Å². The van der Waals surface area contributed by atoms with Crippen LogP contribution in [-0.4, -0.2) is 80.2 Å². The number of nitrogens with zero attached hydrogens (tertiary/aromatic N) is 5. The monoisotopic (exact) mass is 504 g/mol. The SMILES string of the molecule is O=C(CCCCCN1C(=O)C=CC1=O)NCc1cn(CCOCCC(=O)ON2C(=O)CCC2=O)nn1. The molecule has 1 saturated heterocycles. The standard InChI is InChI=1S/C22H28N6O8/c29-17(4-2-1-3-10-27-18(30)5-6-19(27)31)23-14-16-15-26(25-24-16)11-13-35-12-9-22(34)36-28-20(32)7-8-21(28)33/h5-6,15H,1-4,7-14H2,(H,23,29). The Morgan fingerprint density at radius 1 is 0.917 bits per heavy atom. The Bertz CT molecular complexity index is 1000. The molecule has 194 valence electrons. The van der Waals surface area contributed by atoms with Crippen molar-refractivity contribution in [3.63, 3.8) is 0 Å². The number of hydroxylamine groups is 2. The van der Waals surface area contributed by atoms with Crippen molar-refractivity contribution in [3.05, 3.63) is 24.0 Å². The summed E-state index contributed by atoms with van der Waals surface area (Å²) in [6.45, 7) is 1.24. The van der Waals surface area contributed by atoms with E-state index in [-0.39, 0.29) is 56.7 Å². The summed E-state index contributed by atoms with van der Waals surface area (Å²) in [5.41, 5.74) is 0.574. The van der Waals surface area contributed by atoms with Crippen molar-refractivity contribution in [2.75, 3.05) is 19.8 Å². The summed E-state index contributed by atoms with van der Waals surface area (Å²) in [5, 5.41) is 11.2. The van der Waals surface area contributed by atoms with Gasteiger partial charge in [0.15, 0.2) is 0 Å². The Labute approximate surface area is 206 Å². The van der Waals surface area contributed by atoms with Crippen LogP contribution in [0.15, 0.2) is 18.3 Å². The van der Waals surface area contributed by atoms with Gasteiger partial charge in [0.2, 0.25) is 5.91 Å². The predicted octanol–water partition coefficient (Wildman–Crippen LogP) is -0.606. The Kier molecular flexibility index (Phi) is 9.80. The van der Waals surface area contributed by atoms with Gasteiger partial charge in [-0.2, -0.15) is 0 Å². The first-order chi connectivity index (χ1) is 17.3. The van der Waals surface area contributed by atoms with Crippen molar-refractivity contribution < 1.29 is 38.3 Å². The summed E-state index contributed by atoms with van der Waals surface area (Å²) in [7, 11) is 0. The van der Waals surface area contributed by atoms with E-state index in [1.54, 1.807) is 6.20 Å². The molecule has 3 rings (SSSR count). The van der Waals surface area contributed by atoms with E-state index in [0.717, 1.165) is 0 Å². The van der Waals surface area contributed by atoms with E-state index in [2.05, 4.69) is 15.6 Å². The molecule has 0 atom stereocenters. The molecule has 1 aromatic rings. The van der Waals surface area contributed by atoms with Crippen molar-refractivity contribution in [1.29, 1.82) is 0 Å². The second-order valence-corrected chi connectivity index (χ2v) is 8.13. The molecule has 0 spiro atoms. The molecule has 1 N–H and O–H groups in total. The molecule has 3 heterocycles. The van der Waals surface area contributed by atoms with Gasteiger partial charge < -0.3 is 14.9 Å².